The van der Waals surface area contributed by atoms with E-state index in [1.54, 1.807) is 0 Å². The molecule has 0 N–H and O–H groups in total. The average Bonchev–Trinajstić information content (AvgIpc) is 2.43. The van der Waals surface area contributed by atoms with Crippen LogP contribution in [0.3, 0.4) is 0 Å². The van der Waals surface area contributed by atoms with Gasteiger partial charge in [0.1, 0.15) is 0 Å². The fraction of sp³-hybridized carbons (Fsp3) is 0.300. The molecule has 78 valence electrons. The first-order valence-corrected chi connectivity index (χ1v) is 7.73. The SMILES string of the molecule is C[Si](C)=CC1=CC2=CCSC2=C1.Cl.Cl. The minimum Gasteiger partial charge on any atom is -0.147 e. The van der Waals surface area contributed by atoms with Gasteiger partial charge in [-0.15, -0.1) is 36.6 Å². The van der Waals surface area contributed by atoms with E-state index in [1.807, 2.05) is 11.8 Å². The van der Waals surface area contributed by atoms with Crippen molar-refractivity contribution in [3.63, 3.8) is 0 Å². The first-order valence-electron chi connectivity index (χ1n) is 4.17. The van der Waals surface area contributed by atoms with E-state index in [2.05, 4.69) is 37.0 Å². The molecule has 0 aromatic heterocycles. The molecule has 0 amide bonds. The van der Waals surface area contributed by atoms with E-state index in [4.69, 9.17) is 0 Å². The van der Waals surface area contributed by atoms with Crippen molar-refractivity contribution < 1.29 is 0 Å². The van der Waals surface area contributed by atoms with Gasteiger partial charge in [0, 0.05) is 19.1 Å². The highest BCUT2D eigenvalue weighted by Gasteiger charge is 2.15. The van der Waals surface area contributed by atoms with E-state index in [0.717, 1.165) is 0 Å². The third-order valence-electron chi connectivity index (χ3n) is 1.90. The van der Waals surface area contributed by atoms with Crippen molar-refractivity contribution in [3.05, 3.63) is 34.3 Å². The van der Waals surface area contributed by atoms with Crippen LogP contribution in [0.5, 0.6) is 0 Å². The monoisotopic (exact) mass is 264 g/mol. The lowest BCUT2D eigenvalue weighted by Crippen LogP contribution is -1.92. The molecular weight excluding hydrogens is 251 g/mol. The standard InChI is InChI=1S/C10H12SSi.2ClH/c1-12(2)7-8-5-9-3-4-11-10(9)6-8;;/h3,5-7H,4H2,1-2H3;2*1H. The smallest absolute Gasteiger partial charge is 0.0170 e. The van der Waals surface area contributed by atoms with Gasteiger partial charge in [0.05, 0.1) is 0 Å². The van der Waals surface area contributed by atoms with Gasteiger partial charge in [-0.25, -0.2) is 0 Å². The van der Waals surface area contributed by atoms with E-state index in [-0.39, 0.29) is 33.2 Å². The number of halogens is 2. The Morgan fingerprint density at radius 3 is 2.57 bits per heavy atom. The van der Waals surface area contributed by atoms with E-state index >= 15 is 0 Å². The molecule has 0 spiro atoms. The van der Waals surface area contributed by atoms with Gasteiger partial charge in [-0.1, -0.05) is 24.8 Å². The van der Waals surface area contributed by atoms with E-state index in [9.17, 15) is 0 Å². The molecule has 0 radical (unpaired) electrons. The van der Waals surface area contributed by atoms with E-state index in [1.165, 1.54) is 21.8 Å². The summed E-state index contributed by atoms with van der Waals surface area (Å²) in [5.74, 6) is 1.17. The second kappa shape index (κ2) is 5.96. The lowest BCUT2D eigenvalue weighted by atomic mass is 10.3. The maximum Gasteiger partial charge on any atom is 0.0170 e. The Morgan fingerprint density at radius 2 is 2.00 bits per heavy atom. The van der Waals surface area contributed by atoms with Crippen LogP contribution in [-0.4, -0.2) is 19.8 Å². The lowest BCUT2D eigenvalue weighted by molar-refractivity contribution is 1.70. The molecule has 2 aliphatic rings. The maximum atomic E-state index is 2.41. The summed E-state index contributed by atoms with van der Waals surface area (Å²) >= 11 is 1.95. The molecule has 0 saturated heterocycles. The number of fused-ring (bicyclic) bond motifs is 1. The van der Waals surface area contributed by atoms with Crippen molar-refractivity contribution in [2.24, 2.45) is 0 Å². The van der Waals surface area contributed by atoms with Crippen LogP contribution < -0.4 is 0 Å². The molecule has 0 aromatic carbocycles. The molecule has 4 heteroatoms. The zero-order valence-electron chi connectivity index (χ0n) is 8.24. The van der Waals surface area contributed by atoms with Crippen LogP contribution >= 0.6 is 36.6 Å². The highest BCUT2D eigenvalue weighted by Crippen LogP contribution is 2.37. The average molecular weight is 265 g/mol. The number of hydrogen-bond donors (Lipinski definition) is 0. The van der Waals surface area contributed by atoms with Crippen LogP contribution in [0.4, 0.5) is 0 Å². The van der Waals surface area contributed by atoms with Gasteiger partial charge in [0.15, 0.2) is 0 Å². The first-order chi connectivity index (χ1) is 5.75. The second-order valence-corrected chi connectivity index (χ2v) is 6.85. The summed E-state index contributed by atoms with van der Waals surface area (Å²) < 4.78 is 0. The second-order valence-electron chi connectivity index (χ2n) is 3.35. The summed E-state index contributed by atoms with van der Waals surface area (Å²) in [6.45, 7) is 4.64. The van der Waals surface area contributed by atoms with Crippen LogP contribution in [-0.2, 0) is 0 Å². The summed E-state index contributed by atoms with van der Waals surface area (Å²) in [7, 11) is -0.222. The Labute approximate surface area is 104 Å². The topological polar surface area (TPSA) is 0 Å². The fourth-order valence-corrected chi connectivity index (χ4v) is 3.25. The number of thioether (sulfide) groups is 1. The highest BCUT2D eigenvalue weighted by atomic mass is 35.5. The molecule has 1 aliphatic carbocycles. The van der Waals surface area contributed by atoms with Gasteiger partial charge in [0.25, 0.3) is 0 Å². The lowest BCUT2D eigenvalue weighted by Gasteiger charge is -1.89. The summed E-state index contributed by atoms with van der Waals surface area (Å²) in [5.41, 5.74) is 5.30. The van der Waals surface area contributed by atoms with Crippen molar-refractivity contribution in [1.29, 1.82) is 0 Å². The van der Waals surface area contributed by atoms with Gasteiger partial charge >= 0.3 is 0 Å². The van der Waals surface area contributed by atoms with Crippen LogP contribution in [0.15, 0.2) is 34.3 Å². The first kappa shape index (κ1) is 14.2. The minimum atomic E-state index is -0.222. The van der Waals surface area contributed by atoms with Crippen molar-refractivity contribution in [2.45, 2.75) is 13.1 Å². The molecular formula is C10H14Cl2SSi. The molecule has 0 bridgehead atoms. The molecule has 0 unspecified atom stereocenters. The van der Waals surface area contributed by atoms with Crippen molar-refractivity contribution in [1.82, 2.24) is 0 Å². The highest BCUT2D eigenvalue weighted by molar-refractivity contribution is 8.03. The van der Waals surface area contributed by atoms with Crippen molar-refractivity contribution >= 4 is 50.7 Å². The zero-order chi connectivity index (χ0) is 8.55. The quantitative estimate of drug-likeness (QED) is 0.654. The fourth-order valence-electron chi connectivity index (χ4n) is 1.45. The van der Waals surface area contributed by atoms with Gasteiger partial charge in [-0.3, -0.25) is 0 Å². The van der Waals surface area contributed by atoms with Crippen LogP contribution in [0, 0.1) is 0 Å². The van der Waals surface area contributed by atoms with E-state index < -0.39 is 0 Å². The normalized spacial score (nSPS) is 16.9. The third kappa shape index (κ3) is 3.12. The molecule has 0 nitrogen and oxygen atoms in total. The summed E-state index contributed by atoms with van der Waals surface area (Å²) in [5, 5.41) is 0. The van der Waals surface area contributed by atoms with Crippen LogP contribution in [0.25, 0.3) is 0 Å². The number of allylic oxidation sites excluding steroid dienone is 4. The van der Waals surface area contributed by atoms with Gasteiger partial charge < -0.3 is 0 Å². The Hall–Kier alpha value is 0.237. The van der Waals surface area contributed by atoms with Gasteiger partial charge in [-0.2, -0.15) is 0 Å². The van der Waals surface area contributed by atoms with Crippen molar-refractivity contribution in [3.8, 4) is 0 Å². The zero-order valence-corrected chi connectivity index (χ0v) is 11.7. The molecule has 0 atom stereocenters. The summed E-state index contributed by atoms with van der Waals surface area (Å²) in [6, 6.07) is 0. The van der Waals surface area contributed by atoms with Gasteiger partial charge in [0.2, 0.25) is 0 Å². The minimum absolute atomic E-state index is 0. The molecule has 14 heavy (non-hydrogen) atoms. The third-order valence-corrected chi connectivity index (χ3v) is 3.81. The Bertz CT molecular complexity index is 336. The Kier molecular flexibility index (Phi) is 6.06. The largest absolute Gasteiger partial charge is 0.147 e. The Balaban J connectivity index is 0.000000845. The number of hydrogen-bond acceptors (Lipinski definition) is 1. The summed E-state index contributed by atoms with van der Waals surface area (Å²) in [6.07, 6.45) is 6.95. The Morgan fingerprint density at radius 1 is 1.29 bits per heavy atom. The number of rotatable bonds is 1. The summed E-state index contributed by atoms with van der Waals surface area (Å²) in [4.78, 5) is 1.48. The molecule has 2 rings (SSSR count). The van der Waals surface area contributed by atoms with Crippen LogP contribution in [0.2, 0.25) is 13.1 Å². The molecule has 0 fully saturated rings. The molecule has 1 aliphatic heterocycles. The van der Waals surface area contributed by atoms with E-state index in [0.29, 0.717) is 0 Å². The maximum absolute atomic E-state index is 2.41. The molecule has 1 heterocycles. The molecule has 0 saturated carbocycles. The molecule has 0 aromatic rings. The van der Waals surface area contributed by atoms with Crippen molar-refractivity contribution in [2.75, 3.05) is 5.75 Å². The van der Waals surface area contributed by atoms with Crippen LogP contribution in [0.1, 0.15) is 0 Å². The predicted molar refractivity (Wildman–Crippen MR) is 74.7 cm³/mol. The van der Waals surface area contributed by atoms with Gasteiger partial charge in [-0.05, 0) is 23.3 Å². The predicted octanol–water partition coefficient (Wildman–Crippen LogP) is 3.47.